The predicted octanol–water partition coefficient (Wildman–Crippen LogP) is 1.38. The molecule has 1 saturated heterocycles. The molecule has 1 aliphatic rings. The third-order valence-corrected chi connectivity index (χ3v) is 4.21. The van der Waals surface area contributed by atoms with Crippen LogP contribution in [0.1, 0.15) is 35.7 Å². The van der Waals surface area contributed by atoms with E-state index in [0.717, 1.165) is 24.9 Å². The number of carbonyl (C=O) groups excluding carboxylic acids is 2. The van der Waals surface area contributed by atoms with E-state index in [4.69, 9.17) is 11.5 Å². The van der Waals surface area contributed by atoms with Gasteiger partial charge in [-0.05, 0) is 56.0 Å². The summed E-state index contributed by atoms with van der Waals surface area (Å²) >= 11 is 0. The summed E-state index contributed by atoms with van der Waals surface area (Å²) in [5, 5.41) is 0. The molecule has 1 aliphatic heterocycles. The molecular formula is C17H23N3O2. The maximum atomic E-state index is 12.3. The summed E-state index contributed by atoms with van der Waals surface area (Å²) in [5.74, 6) is -0.0606. The second kappa shape index (κ2) is 7.22. The van der Waals surface area contributed by atoms with Crippen molar-refractivity contribution in [3.63, 3.8) is 0 Å². The molecule has 0 spiro atoms. The molecule has 2 atom stereocenters. The maximum Gasteiger partial charge on any atom is 0.248 e. The minimum absolute atomic E-state index is 0.00428. The molecule has 0 bridgehead atoms. The number of primary amides is 1. The third-order valence-electron chi connectivity index (χ3n) is 4.21. The van der Waals surface area contributed by atoms with Crippen molar-refractivity contribution in [2.45, 2.75) is 25.8 Å². The molecule has 4 N–H and O–H groups in total. The van der Waals surface area contributed by atoms with Crippen LogP contribution < -0.4 is 11.5 Å². The molecule has 2 unspecified atom stereocenters. The van der Waals surface area contributed by atoms with Gasteiger partial charge in [-0.1, -0.05) is 12.1 Å². The predicted molar refractivity (Wildman–Crippen MR) is 86.9 cm³/mol. The van der Waals surface area contributed by atoms with Crippen molar-refractivity contribution in [1.29, 1.82) is 0 Å². The van der Waals surface area contributed by atoms with Gasteiger partial charge in [0.2, 0.25) is 11.8 Å². The van der Waals surface area contributed by atoms with E-state index >= 15 is 0 Å². The summed E-state index contributed by atoms with van der Waals surface area (Å²) in [4.78, 5) is 25.2. The topological polar surface area (TPSA) is 89.4 Å². The summed E-state index contributed by atoms with van der Waals surface area (Å²) in [5.41, 5.74) is 12.2. The minimum Gasteiger partial charge on any atom is -0.366 e. The molecule has 2 amide bonds. The van der Waals surface area contributed by atoms with Gasteiger partial charge in [0.25, 0.3) is 0 Å². The van der Waals surface area contributed by atoms with Gasteiger partial charge < -0.3 is 16.4 Å². The molecule has 0 aromatic heterocycles. The Kier molecular flexibility index (Phi) is 5.33. The number of hydrogen-bond donors (Lipinski definition) is 2. The molecule has 0 radical (unpaired) electrons. The van der Waals surface area contributed by atoms with E-state index in [1.54, 1.807) is 36.4 Å². The Hall–Kier alpha value is -2.14. The maximum absolute atomic E-state index is 12.3. The zero-order valence-corrected chi connectivity index (χ0v) is 12.9. The zero-order chi connectivity index (χ0) is 16.1. The lowest BCUT2D eigenvalue weighted by Crippen LogP contribution is -2.46. The highest BCUT2D eigenvalue weighted by atomic mass is 16.2. The van der Waals surface area contributed by atoms with E-state index in [1.807, 2.05) is 4.90 Å². The van der Waals surface area contributed by atoms with Gasteiger partial charge in [-0.3, -0.25) is 9.59 Å². The minimum atomic E-state index is -0.457. The van der Waals surface area contributed by atoms with Crippen LogP contribution in [0.25, 0.3) is 6.08 Å². The number of nitrogens with two attached hydrogens (primary N) is 2. The number of carbonyl (C=O) groups is 2. The Labute approximate surface area is 131 Å². The van der Waals surface area contributed by atoms with Gasteiger partial charge in [-0.15, -0.1) is 0 Å². The monoisotopic (exact) mass is 301 g/mol. The number of nitrogens with zero attached hydrogens (tertiary/aromatic N) is 1. The van der Waals surface area contributed by atoms with Crippen LogP contribution in [0.4, 0.5) is 0 Å². The SMILES string of the molecule is CC1CCC(CN)CN1C(=O)/C=C/c1ccc(C(N)=O)cc1. The highest BCUT2D eigenvalue weighted by Crippen LogP contribution is 2.21. The summed E-state index contributed by atoms with van der Waals surface area (Å²) in [6.07, 6.45) is 5.41. The van der Waals surface area contributed by atoms with E-state index < -0.39 is 5.91 Å². The van der Waals surface area contributed by atoms with Crippen molar-refractivity contribution < 1.29 is 9.59 Å². The van der Waals surface area contributed by atoms with Gasteiger partial charge in [-0.2, -0.15) is 0 Å². The van der Waals surface area contributed by atoms with Crippen LogP contribution in [0.2, 0.25) is 0 Å². The highest BCUT2D eigenvalue weighted by Gasteiger charge is 2.26. The Morgan fingerprint density at radius 3 is 2.55 bits per heavy atom. The summed E-state index contributed by atoms with van der Waals surface area (Å²) in [6, 6.07) is 7.09. The molecule has 0 aliphatic carbocycles. The van der Waals surface area contributed by atoms with E-state index in [0.29, 0.717) is 18.0 Å². The van der Waals surface area contributed by atoms with Crippen molar-refractivity contribution in [2.24, 2.45) is 17.4 Å². The summed E-state index contributed by atoms with van der Waals surface area (Å²) < 4.78 is 0. The summed E-state index contributed by atoms with van der Waals surface area (Å²) in [7, 11) is 0. The number of hydrogen-bond acceptors (Lipinski definition) is 3. The van der Waals surface area contributed by atoms with Gasteiger partial charge in [0.15, 0.2) is 0 Å². The number of rotatable bonds is 4. The molecule has 118 valence electrons. The second-order valence-electron chi connectivity index (χ2n) is 5.84. The Bertz CT molecular complexity index is 566. The van der Waals surface area contributed by atoms with Crippen LogP contribution >= 0.6 is 0 Å². The molecule has 1 fully saturated rings. The Morgan fingerprint density at radius 1 is 1.27 bits per heavy atom. The largest absolute Gasteiger partial charge is 0.366 e. The lowest BCUT2D eigenvalue weighted by atomic mass is 9.93. The number of piperidine rings is 1. The fraction of sp³-hybridized carbons (Fsp3) is 0.412. The van der Waals surface area contributed by atoms with Crippen LogP contribution in [-0.4, -0.2) is 35.8 Å². The quantitative estimate of drug-likeness (QED) is 0.823. The van der Waals surface area contributed by atoms with E-state index in [-0.39, 0.29) is 11.9 Å². The lowest BCUT2D eigenvalue weighted by Gasteiger charge is -2.37. The Morgan fingerprint density at radius 2 is 1.95 bits per heavy atom. The van der Waals surface area contributed by atoms with Crippen molar-refractivity contribution in [3.8, 4) is 0 Å². The first kappa shape index (κ1) is 16.2. The van der Waals surface area contributed by atoms with Crippen LogP contribution in [0.15, 0.2) is 30.3 Å². The number of benzene rings is 1. The molecule has 1 aromatic rings. The van der Waals surface area contributed by atoms with Crippen molar-refractivity contribution in [2.75, 3.05) is 13.1 Å². The summed E-state index contributed by atoms with van der Waals surface area (Å²) in [6.45, 7) is 3.41. The van der Waals surface area contributed by atoms with Crippen LogP contribution in [0.3, 0.4) is 0 Å². The fourth-order valence-electron chi connectivity index (χ4n) is 2.70. The lowest BCUT2D eigenvalue weighted by molar-refractivity contribution is -0.130. The van der Waals surface area contributed by atoms with Gasteiger partial charge in [0.1, 0.15) is 0 Å². The van der Waals surface area contributed by atoms with E-state index in [1.165, 1.54) is 0 Å². The molecular weight excluding hydrogens is 278 g/mol. The molecule has 2 rings (SSSR count). The second-order valence-corrected chi connectivity index (χ2v) is 5.84. The first-order valence-corrected chi connectivity index (χ1v) is 7.60. The fourth-order valence-corrected chi connectivity index (χ4v) is 2.70. The van der Waals surface area contributed by atoms with Crippen molar-refractivity contribution in [3.05, 3.63) is 41.5 Å². The molecule has 5 nitrogen and oxygen atoms in total. The van der Waals surface area contributed by atoms with Gasteiger partial charge >= 0.3 is 0 Å². The molecule has 1 heterocycles. The Balaban J connectivity index is 2.02. The number of likely N-dealkylation sites (tertiary alicyclic amines) is 1. The first-order chi connectivity index (χ1) is 10.5. The van der Waals surface area contributed by atoms with Crippen molar-refractivity contribution in [1.82, 2.24) is 4.90 Å². The van der Waals surface area contributed by atoms with E-state index in [2.05, 4.69) is 6.92 Å². The van der Waals surface area contributed by atoms with Gasteiger partial charge in [0, 0.05) is 24.2 Å². The standard InChI is InChI=1S/C17H23N3O2/c1-12-2-3-14(10-18)11-20(12)16(21)9-6-13-4-7-15(8-5-13)17(19)22/h4-9,12,14H,2-3,10-11,18H2,1H3,(H2,19,22)/b9-6+. The van der Waals surface area contributed by atoms with Crippen LogP contribution in [-0.2, 0) is 4.79 Å². The number of amides is 2. The van der Waals surface area contributed by atoms with Crippen LogP contribution in [0.5, 0.6) is 0 Å². The molecule has 5 heteroatoms. The van der Waals surface area contributed by atoms with Crippen LogP contribution in [0, 0.1) is 5.92 Å². The van der Waals surface area contributed by atoms with Crippen molar-refractivity contribution >= 4 is 17.9 Å². The average molecular weight is 301 g/mol. The average Bonchev–Trinajstić information content (AvgIpc) is 2.53. The first-order valence-electron chi connectivity index (χ1n) is 7.60. The zero-order valence-electron chi connectivity index (χ0n) is 12.9. The smallest absolute Gasteiger partial charge is 0.248 e. The van der Waals surface area contributed by atoms with Gasteiger partial charge in [-0.25, -0.2) is 0 Å². The van der Waals surface area contributed by atoms with Gasteiger partial charge in [0.05, 0.1) is 0 Å². The molecule has 1 aromatic carbocycles. The molecule has 0 saturated carbocycles. The van der Waals surface area contributed by atoms with E-state index in [9.17, 15) is 9.59 Å². The third kappa shape index (κ3) is 3.95. The highest BCUT2D eigenvalue weighted by molar-refractivity contribution is 5.94. The molecule has 22 heavy (non-hydrogen) atoms. The normalized spacial score (nSPS) is 22.0.